The van der Waals surface area contributed by atoms with Gasteiger partial charge in [0, 0.05) is 11.3 Å². The van der Waals surface area contributed by atoms with Crippen LogP contribution in [0.3, 0.4) is 0 Å². The van der Waals surface area contributed by atoms with E-state index in [-0.39, 0.29) is 12.5 Å². The third-order valence-corrected chi connectivity index (χ3v) is 5.42. The molecule has 5 nitrogen and oxygen atoms in total. The van der Waals surface area contributed by atoms with Gasteiger partial charge >= 0.3 is 0 Å². The first-order chi connectivity index (χ1) is 14.6. The fourth-order valence-electron chi connectivity index (χ4n) is 3.60. The summed E-state index contributed by atoms with van der Waals surface area (Å²) in [6.45, 7) is 3.40. The normalized spacial score (nSPS) is 10.8. The smallest absolute Gasteiger partial charge is 0.248 e. The summed E-state index contributed by atoms with van der Waals surface area (Å²) in [6, 6.07) is 6.68. The van der Waals surface area contributed by atoms with Crippen LogP contribution in [0.2, 0.25) is 0 Å². The first-order valence-electron chi connectivity index (χ1n) is 12.0. The van der Waals surface area contributed by atoms with Crippen molar-refractivity contribution in [2.75, 3.05) is 18.4 Å². The van der Waals surface area contributed by atoms with E-state index in [9.17, 15) is 9.59 Å². The van der Waals surface area contributed by atoms with Crippen LogP contribution in [0.15, 0.2) is 24.3 Å². The minimum atomic E-state index is -0.498. The Kier molecular flexibility index (Phi) is 15.6. The van der Waals surface area contributed by atoms with Crippen LogP contribution in [-0.4, -0.2) is 24.9 Å². The highest BCUT2D eigenvalue weighted by Gasteiger charge is 2.05. The summed E-state index contributed by atoms with van der Waals surface area (Å²) < 4.78 is 0. The van der Waals surface area contributed by atoms with Gasteiger partial charge in [-0.05, 0) is 31.2 Å². The molecule has 0 heterocycles. The topological polar surface area (TPSA) is 84.2 Å². The van der Waals surface area contributed by atoms with Gasteiger partial charge in [0.1, 0.15) is 0 Å². The van der Waals surface area contributed by atoms with Crippen molar-refractivity contribution in [2.24, 2.45) is 5.73 Å². The summed E-state index contributed by atoms with van der Waals surface area (Å²) in [4.78, 5) is 23.1. The quantitative estimate of drug-likeness (QED) is 0.249. The Morgan fingerprint density at radius 2 is 1.33 bits per heavy atom. The van der Waals surface area contributed by atoms with Gasteiger partial charge in [-0.3, -0.25) is 9.59 Å². The van der Waals surface area contributed by atoms with E-state index in [0.29, 0.717) is 11.3 Å². The predicted molar refractivity (Wildman–Crippen MR) is 127 cm³/mol. The zero-order chi connectivity index (χ0) is 21.9. The lowest BCUT2D eigenvalue weighted by atomic mass is 10.0. The predicted octanol–water partition coefficient (Wildman–Crippen LogP) is 5.79. The van der Waals surface area contributed by atoms with Gasteiger partial charge in [-0.25, -0.2) is 0 Å². The van der Waals surface area contributed by atoms with E-state index in [1.54, 1.807) is 24.3 Å². The van der Waals surface area contributed by atoms with E-state index in [0.717, 1.165) is 13.0 Å². The van der Waals surface area contributed by atoms with Gasteiger partial charge in [0.2, 0.25) is 11.8 Å². The van der Waals surface area contributed by atoms with Crippen molar-refractivity contribution in [2.45, 2.75) is 96.8 Å². The molecule has 0 aliphatic rings. The lowest BCUT2D eigenvalue weighted by molar-refractivity contribution is -0.115. The number of rotatable bonds is 19. The molecule has 1 aromatic rings. The van der Waals surface area contributed by atoms with E-state index in [1.807, 2.05) is 0 Å². The van der Waals surface area contributed by atoms with Gasteiger partial charge in [0.25, 0.3) is 0 Å². The molecule has 0 aliphatic heterocycles. The zero-order valence-corrected chi connectivity index (χ0v) is 19.0. The van der Waals surface area contributed by atoms with Crippen molar-refractivity contribution in [3.05, 3.63) is 29.8 Å². The first kappa shape index (κ1) is 26.2. The maximum Gasteiger partial charge on any atom is 0.248 e. The molecule has 0 saturated carbocycles. The van der Waals surface area contributed by atoms with E-state index in [4.69, 9.17) is 5.73 Å². The molecule has 5 heteroatoms. The van der Waals surface area contributed by atoms with E-state index in [2.05, 4.69) is 17.6 Å². The Hall–Kier alpha value is -1.88. The van der Waals surface area contributed by atoms with E-state index < -0.39 is 5.91 Å². The monoisotopic (exact) mass is 417 g/mol. The van der Waals surface area contributed by atoms with Crippen molar-refractivity contribution in [1.82, 2.24) is 5.32 Å². The van der Waals surface area contributed by atoms with Gasteiger partial charge in [-0.2, -0.15) is 0 Å². The third kappa shape index (κ3) is 14.2. The number of nitrogens with two attached hydrogens (primary N) is 1. The van der Waals surface area contributed by atoms with Crippen LogP contribution in [0.1, 0.15) is 107 Å². The van der Waals surface area contributed by atoms with Gasteiger partial charge in [0.05, 0.1) is 6.54 Å². The van der Waals surface area contributed by atoms with Gasteiger partial charge in [-0.15, -0.1) is 0 Å². The summed E-state index contributed by atoms with van der Waals surface area (Å²) in [5.74, 6) is -0.607. The fraction of sp³-hybridized carbons (Fsp3) is 0.680. The second kappa shape index (κ2) is 17.9. The number of amides is 2. The molecular weight excluding hydrogens is 374 g/mol. The van der Waals surface area contributed by atoms with Gasteiger partial charge in [-0.1, -0.05) is 96.5 Å². The Balaban J connectivity index is 1.88. The average molecular weight is 418 g/mol. The molecule has 0 unspecified atom stereocenters. The van der Waals surface area contributed by atoms with E-state index >= 15 is 0 Å². The maximum atomic E-state index is 12.0. The number of unbranched alkanes of at least 4 members (excludes halogenated alkanes) is 13. The standard InChI is InChI=1S/C25H43N3O2/c1-2-3-4-5-6-7-8-9-10-11-12-13-14-15-19-27-21-24(29)28-23-18-16-17-22(20-23)25(26)30/h16-18,20,27H,2-15,19,21H2,1H3,(H2,26,30)(H,28,29). The summed E-state index contributed by atoms with van der Waals surface area (Å²) in [7, 11) is 0. The Bertz CT molecular complexity index is 590. The number of carbonyl (C=O) groups excluding carboxylic acids is 2. The second-order valence-electron chi connectivity index (χ2n) is 8.27. The number of carbonyl (C=O) groups is 2. The number of benzene rings is 1. The number of hydrogen-bond acceptors (Lipinski definition) is 3. The molecule has 0 saturated heterocycles. The molecule has 2 amide bonds. The molecule has 30 heavy (non-hydrogen) atoms. The molecule has 170 valence electrons. The van der Waals surface area contributed by atoms with Crippen molar-refractivity contribution >= 4 is 17.5 Å². The van der Waals surface area contributed by atoms with Crippen molar-refractivity contribution < 1.29 is 9.59 Å². The fourth-order valence-corrected chi connectivity index (χ4v) is 3.60. The van der Waals surface area contributed by atoms with Crippen molar-refractivity contribution in [3.8, 4) is 0 Å². The summed E-state index contributed by atoms with van der Waals surface area (Å²) in [5.41, 5.74) is 6.24. The van der Waals surface area contributed by atoms with Crippen LogP contribution in [0.25, 0.3) is 0 Å². The van der Waals surface area contributed by atoms with Gasteiger partial charge < -0.3 is 16.4 Å². The lowest BCUT2D eigenvalue weighted by Gasteiger charge is -2.08. The molecule has 1 rings (SSSR count). The number of hydrogen-bond donors (Lipinski definition) is 3. The Morgan fingerprint density at radius 3 is 1.87 bits per heavy atom. The Morgan fingerprint density at radius 1 is 0.800 bits per heavy atom. The zero-order valence-electron chi connectivity index (χ0n) is 19.0. The van der Waals surface area contributed by atoms with Crippen LogP contribution in [-0.2, 0) is 4.79 Å². The molecule has 0 aromatic heterocycles. The highest BCUT2D eigenvalue weighted by atomic mass is 16.2. The maximum absolute atomic E-state index is 12.0. The number of primary amides is 1. The molecule has 0 radical (unpaired) electrons. The molecule has 0 aliphatic carbocycles. The highest BCUT2D eigenvalue weighted by molar-refractivity contribution is 5.96. The van der Waals surface area contributed by atoms with Crippen LogP contribution in [0.4, 0.5) is 5.69 Å². The average Bonchev–Trinajstić information content (AvgIpc) is 2.73. The van der Waals surface area contributed by atoms with Crippen LogP contribution < -0.4 is 16.4 Å². The summed E-state index contributed by atoms with van der Waals surface area (Å²) in [5, 5.41) is 5.96. The van der Waals surface area contributed by atoms with Crippen molar-refractivity contribution in [3.63, 3.8) is 0 Å². The number of anilines is 1. The second-order valence-corrected chi connectivity index (χ2v) is 8.27. The molecular formula is C25H43N3O2. The third-order valence-electron chi connectivity index (χ3n) is 5.42. The first-order valence-corrected chi connectivity index (χ1v) is 12.0. The van der Waals surface area contributed by atoms with Crippen LogP contribution >= 0.6 is 0 Å². The molecule has 0 spiro atoms. The van der Waals surface area contributed by atoms with Gasteiger partial charge in [0.15, 0.2) is 0 Å². The molecule has 0 atom stereocenters. The lowest BCUT2D eigenvalue weighted by Crippen LogP contribution is -2.28. The highest BCUT2D eigenvalue weighted by Crippen LogP contribution is 2.13. The molecule has 0 bridgehead atoms. The van der Waals surface area contributed by atoms with Crippen molar-refractivity contribution in [1.29, 1.82) is 0 Å². The molecule has 1 aromatic carbocycles. The van der Waals surface area contributed by atoms with Crippen LogP contribution in [0.5, 0.6) is 0 Å². The summed E-state index contributed by atoms with van der Waals surface area (Å²) >= 11 is 0. The van der Waals surface area contributed by atoms with Crippen LogP contribution in [0, 0.1) is 0 Å². The Labute approximate surface area is 183 Å². The summed E-state index contributed by atoms with van der Waals surface area (Å²) in [6.07, 6.45) is 18.9. The SMILES string of the molecule is CCCCCCCCCCCCCCCCNCC(=O)Nc1cccc(C(N)=O)c1. The molecule has 0 fully saturated rings. The number of nitrogens with one attached hydrogen (secondary N) is 2. The molecule has 4 N–H and O–H groups in total. The minimum Gasteiger partial charge on any atom is -0.366 e. The largest absolute Gasteiger partial charge is 0.366 e. The van der Waals surface area contributed by atoms with E-state index in [1.165, 1.54) is 83.5 Å². The minimum absolute atomic E-state index is 0.109.